The van der Waals surface area contributed by atoms with Crippen molar-refractivity contribution >= 4 is 15.9 Å². The summed E-state index contributed by atoms with van der Waals surface area (Å²) >= 11 is 3.46. The molecule has 1 aromatic carbocycles. The molecule has 2 aromatic rings. The number of aliphatic hydroxyl groups excluding tert-OH is 1. The number of hydrogen-bond donors (Lipinski definition) is 2. The average molecular weight is 295 g/mol. The molecule has 1 aliphatic heterocycles. The van der Waals surface area contributed by atoms with Crippen molar-refractivity contribution in [1.29, 1.82) is 0 Å². The molecule has 2 N–H and O–H groups in total. The van der Waals surface area contributed by atoms with Crippen LogP contribution in [0.3, 0.4) is 0 Å². The third-order valence-corrected chi connectivity index (χ3v) is 3.36. The summed E-state index contributed by atoms with van der Waals surface area (Å²) in [6, 6.07) is 6.05. The van der Waals surface area contributed by atoms with Crippen LogP contribution < -0.4 is 5.32 Å². The van der Waals surface area contributed by atoms with Gasteiger partial charge < -0.3 is 10.4 Å². The molecule has 2 heterocycles. The minimum Gasteiger partial charge on any atom is -0.390 e. The summed E-state index contributed by atoms with van der Waals surface area (Å²) in [7, 11) is 0. The Hall–Kier alpha value is -1.24. The van der Waals surface area contributed by atoms with Gasteiger partial charge in [0.1, 0.15) is 5.69 Å². The van der Waals surface area contributed by atoms with Gasteiger partial charge in [0.15, 0.2) is 0 Å². The summed E-state index contributed by atoms with van der Waals surface area (Å²) < 4.78 is 2.84. The normalized spacial score (nSPS) is 14.0. The van der Waals surface area contributed by atoms with Crippen LogP contribution in [0.5, 0.6) is 0 Å². The van der Waals surface area contributed by atoms with Gasteiger partial charge in [0, 0.05) is 17.6 Å². The topological polar surface area (TPSA) is 63.0 Å². The second kappa shape index (κ2) is 4.21. The van der Waals surface area contributed by atoms with E-state index in [1.54, 1.807) is 4.68 Å². The summed E-state index contributed by atoms with van der Waals surface area (Å²) in [5.74, 6) is 0. The van der Waals surface area contributed by atoms with Crippen LogP contribution in [0.25, 0.3) is 5.69 Å². The van der Waals surface area contributed by atoms with E-state index in [1.807, 2.05) is 12.1 Å². The molecule has 0 amide bonds. The highest BCUT2D eigenvalue weighted by molar-refractivity contribution is 9.10. The number of aromatic nitrogens is 3. The van der Waals surface area contributed by atoms with Crippen LogP contribution in [-0.4, -0.2) is 20.1 Å². The lowest BCUT2D eigenvalue weighted by Gasteiger charge is -2.06. The predicted octanol–water partition coefficient (Wildman–Crippen LogP) is 1.13. The first-order valence-electron chi connectivity index (χ1n) is 5.33. The van der Waals surface area contributed by atoms with Gasteiger partial charge in [-0.3, -0.25) is 0 Å². The van der Waals surface area contributed by atoms with Crippen molar-refractivity contribution in [2.24, 2.45) is 0 Å². The Morgan fingerprint density at radius 1 is 1.41 bits per heavy atom. The number of fused-ring (bicyclic) bond motifs is 3. The van der Waals surface area contributed by atoms with Gasteiger partial charge in [-0.25, -0.2) is 4.68 Å². The molecule has 3 rings (SSSR count). The molecule has 0 fully saturated rings. The highest BCUT2D eigenvalue weighted by Gasteiger charge is 2.18. The third kappa shape index (κ3) is 1.78. The Bertz CT molecular complexity index is 567. The van der Waals surface area contributed by atoms with Crippen LogP contribution >= 0.6 is 15.9 Å². The van der Waals surface area contributed by atoms with Crippen molar-refractivity contribution in [3.8, 4) is 5.69 Å². The molecule has 88 valence electrons. The highest BCUT2D eigenvalue weighted by Crippen LogP contribution is 2.24. The minimum atomic E-state index is -0.0805. The Morgan fingerprint density at radius 3 is 3.12 bits per heavy atom. The molecule has 0 saturated heterocycles. The average Bonchev–Trinajstić information content (AvgIpc) is 2.64. The molecule has 0 bridgehead atoms. The van der Waals surface area contributed by atoms with Gasteiger partial charge >= 0.3 is 0 Å². The first kappa shape index (κ1) is 10.9. The Labute approximate surface area is 107 Å². The van der Waals surface area contributed by atoms with Gasteiger partial charge in [0.2, 0.25) is 0 Å². The van der Waals surface area contributed by atoms with E-state index in [9.17, 15) is 5.11 Å². The molecule has 0 atom stereocenters. The van der Waals surface area contributed by atoms with E-state index in [0.717, 1.165) is 28.0 Å². The van der Waals surface area contributed by atoms with Crippen molar-refractivity contribution in [2.75, 3.05) is 0 Å². The lowest BCUT2D eigenvalue weighted by Crippen LogP contribution is -2.12. The van der Waals surface area contributed by atoms with E-state index in [2.05, 4.69) is 37.6 Å². The number of nitrogens with one attached hydrogen (secondary N) is 1. The van der Waals surface area contributed by atoms with Gasteiger partial charge in [0.25, 0.3) is 0 Å². The zero-order chi connectivity index (χ0) is 11.8. The van der Waals surface area contributed by atoms with Gasteiger partial charge in [-0.2, -0.15) is 0 Å². The molecular formula is C11H11BrN4O. The molecule has 1 aliphatic rings. The Kier molecular flexibility index (Phi) is 2.70. The second-order valence-electron chi connectivity index (χ2n) is 3.93. The van der Waals surface area contributed by atoms with Gasteiger partial charge in [-0.1, -0.05) is 21.1 Å². The maximum atomic E-state index is 9.22. The van der Waals surface area contributed by atoms with Crippen molar-refractivity contribution in [1.82, 2.24) is 20.3 Å². The molecule has 0 radical (unpaired) electrons. The van der Waals surface area contributed by atoms with Gasteiger partial charge in [-0.05, 0) is 23.8 Å². The third-order valence-electron chi connectivity index (χ3n) is 2.87. The van der Waals surface area contributed by atoms with Crippen molar-refractivity contribution in [3.63, 3.8) is 0 Å². The lowest BCUT2D eigenvalue weighted by molar-refractivity contribution is 0.275. The zero-order valence-corrected chi connectivity index (χ0v) is 10.6. The van der Waals surface area contributed by atoms with Crippen LogP contribution in [0, 0.1) is 0 Å². The molecule has 0 aliphatic carbocycles. The number of nitrogens with zero attached hydrogens (tertiary/aromatic N) is 3. The summed E-state index contributed by atoms with van der Waals surface area (Å²) in [6.07, 6.45) is 0. The molecule has 5 nitrogen and oxygen atoms in total. The van der Waals surface area contributed by atoms with Gasteiger partial charge in [-0.15, -0.1) is 5.10 Å². The molecule has 6 heteroatoms. The lowest BCUT2D eigenvalue weighted by atomic mass is 10.2. The fourth-order valence-electron chi connectivity index (χ4n) is 2.04. The summed E-state index contributed by atoms with van der Waals surface area (Å²) in [5, 5.41) is 20.6. The minimum absolute atomic E-state index is 0.0805. The Balaban J connectivity index is 2.21. The Morgan fingerprint density at radius 2 is 2.29 bits per heavy atom. The van der Waals surface area contributed by atoms with E-state index in [4.69, 9.17) is 0 Å². The maximum Gasteiger partial charge on any atom is 0.113 e. The number of hydrogen-bond acceptors (Lipinski definition) is 4. The zero-order valence-electron chi connectivity index (χ0n) is 9.02. The molecule has 17 heavy (non-hydrogen) atoms. The molecule has 0 spiro atoms. The van der Waals surface area contributed by atoms with Crippen LogP contribution in [-0.2, 0) is 19.7 Å². The fourth-order valence-corrected chi connectivity index (χ4v) is 2.45. The predicted molar refractivity (Wildman–Crippen MR) is 65.5 cm³/mol. The monoisotopic (exact) mass is 294 g/mol. The first-order valence-corrected chi connectivity index (χ1v) is 6.12. The number of halogens is 1. The maximum absolute atomic E-state index is 9.22. The molecule has 0 unspecified atom stereocenters. The van der Waals surface area contributed by atoms with Crippen molar-refractivity contribution in [3.05, 3.63) is 39.6 Å². The smallest absolute Gasteiger partial charge is 0.113 e. The molecule has 1 aromatic heterocycles. The van der Waals surface area contributed by atoms with E-state index >= 15 is 0 Å². The van der Waals surface area contributed by atoms with Crippen molar-refractivity contribution in [2.45, 2.75) is 19.7 Å². The number of benzene rings is 1. The second-order valence-corrected chi connectivity index (χ2v) is 4.85. The van der Waals surface area contributed by atoms with E-state index in [0.29, 0.717) is 12.2 Å². The first-order chi connectivity index (χ1) is 8.29. The number of rotatable bonds is 1. The summed E-state index contributed by atoms with van der Waals surface area (Å²) in [4.78, 5) is 0. The van der Waals surface area contributed by atoms with Gasteiger partial charge in [0.05, 0.1) is 18.0 Å². The van der Waals surface area contributed by atoms with Crippen LogP contribution in [0.1, 0.15) is 17.0 Å². The standard InChI is InChI=1S/C11H11BrN4O/c12-8-1-2-10-7(3-8)4-13-5-11-9(6-17)14-15-16(10)11/h1-3,13,17H,4-6H2. The van der Waals surface area contributed by atoms with E-state index in [1.165, 1.54) is 0 Å². The quantitative estimate of drug-likeness (QED) is 0.828. The molecular weight excluding hydrogens is 284 g/mol. The largest absolute Gasteiger partial charge is 0.390 e. The van der Waals surface area contributed by atoms with E-state index in [-0.39, 0.29) is 6.61 Å². The molecule has 0 saturated carbocycles. The summed E-state index contributed by atoms with van der Waals surface area (Å²) in [5.41, 5.74) is 3.73. The van der Waals surface area contributed by atoms with Crippen LogP contribution in [0.4, 0.5) is 0 Å². The summed E-state index contributed by atoms with van der Waals surface area (Å²) in [6.45, 7) is 1.36. The van der Waals surface area contributed by atoms with Crippen LogP contribution in [0.2, 0.25) is 0 Å². The van der Waals surface area contributed by atoms with Crippen molar-refractivity contribution < 1.29 is 5.11 Å². The van der Waals surface area contributed by atoms with Crippen LogP contribution in [0.15, 0.2) is 22.7 Å². The van der Waals surface area contributed by atoms with E-state index < -0.39 is 0 Å². The SMILES string of the molecule is OCc1nnn2c1CNCc1cc(Br)ccc1-2. The fraction of sp³-hybridized carbons (Fsp3) is 0.273. The highest BCUT2D eigenvalue weighted by atomic mass is 79.9. The number of aliphatic hydroxyl groups is 1.